The molecule has 0 amide bonds. The van der Waals surface area contributed by atoms with Crippen molar-refractivity contribution in [3.8, 4) is 11.8 Å². The normalized spacial score (nSPS) is 9.62. The van der Waals surface area contributed by atoms with Gasteiger partial charge in [-0.2, -0.15) is 0 Å². The second-order valence-electron chi connectivity index (χ2n) is 3.84. The molecule has 0 aliphatic heterocycles. The van der Waals surface area contributed by atoms with Crippen molar-refractivity contribution in [1.82, 2.24) is 0 Å². The van der Waals surface area contributed by atoms with Crippen molar-refractivity contribution in [1.29, 1.82) is 0 Å². The highest BCUT2D eigenvalue weighted by molar-refractivity contribution is 7.98. The van der Waals surface area contributed by atoms with Crippen LogP contribution in [0.25, 0.3) is 0 Å². The fourth-order valence-corrected chi connectivity index (χ4v) is 1.97. The molecule has 86 valence electrons. The van der Waals surface area contributed by atoms with Crippen LogP contribution in [0, 0.1) is 11.8 Å². The first kappa shape index (κ1) is 13.2. The molecule has 0 spiro atoms. The molecular formula is C15H20S. The van der Waals surface area contributed by atoms with E-state index in [2.05, 4.69) is 49.3 Å². The molecular weight excluding hydrogens is 212 g/mol. The van der Waals surface area contributed by atoms with Gasteiger partial charge in [0.1, 0.15) is 0 Å². The highest BCUT2D eigenvalue weighted by atomic mass is 32.2. The quantitative estimate of drug-likeness (QED) is 0.402. The molecule has 1 aromatic rings. The summed E-state index contributed by atoms with van der Waals surface area (Å²) in [6.07, 6.45) is 8.31. The third-order valence-electron chi connectivity index (χ3n) is 2.46. The number of benzene rings is 1. The van der Waals surface area contributed by atoms with Crippen LogP contribution in [-0.2, 0) is 0 Å². The van der Waals surface area contributed by atoms with Crippen LogP contribution in [-0.4, -0.2) is 6.26 Å². The Balaban J connectivity index is 2.37. The predicted octanol–water partition coefficient (Wildman–Crippen LogP) is 4.73. The molecule has 0 heterocycles. The lowest BCUT2D eigenvalue weighted by molar-refractivity contribution is 0.679. The number of thioether (sulfide) groups is 1. The van der Waals surface area contributed by atoms with E-state index < -0.39 is 0 Å². The average Bonchev–Trinajstić information content (AvgIpc) is 2.34. The van der Waals surface area contributed by atoms with Crippen molar-refractivity contribution < 1.29 is 0 Å². The van der Waals surface area contributed by atoms with Crippen LogP contribution >= 0.6 is 11.8 Å². The molecule has 0 nitrogen and oxygen atoms in total. The molecule has 0 saturated carbocycles. The average molecular weight is 232 g/mol. The van der Waals surface area contributed by atoms with Gasteiger partial charge in [-0.3, -0.25) is 0 Å². The van der Waals surface area contributed by atoms with Gasteiger partial charge in [-0.15, -0.1) is 11.8 Å². The van der Waals surface area contributed by atoms with Gasteiger partial charge in [0.05, 0.1) is 0 Å². The number of hydrogen-bond acceptors (Lipinski definition) is 1. The second kappa shape index (κ2) is 8.30. The van der Waals surface area contributed by atoms with E-state index in [-0.39, 0.29) is 0 Å². The first-order valence-electron chi connectivity index (χ1n) is 5.99. The summed E-state index contributed by atoms with van der Waals surface area (Å²) < 4.78 is 0. The maximum absolute atomic E-state index is 3.25. The molecule has 1 aromatic carbocycles. The predicted molar refractivity (Wildman–Crippen MR) is 73.9 cm³/mol. The molecule has 0 unspecified atom stereocenters. The lowest BCUT2D eigenvalue weighted by Gasteiger charge is -1.95. The largest absolute Gasteiger partial charge is 0.130 e. The van der Waals surface area contributed by atoms with Crippen molar-refractivity contribution in [3.63, 3.8) is 0 Å². The van der Waals surface area contributed by atoms with E-state index in [4.69, 9.17) is 0 Å². The standard InChI is InChI=1S/C15H20S/c1-3-4-5-6-7-8-10-14-11-9-12-15(13-14)16-2/h9,11-13H,3-7H2,1-2H3. The van der Waals surface area contributed by atoms with Crippen LogP contribution in [0.15, 0.2) is 29.2 Å². The summed E-state index contributed by atoms with van der Waals surface area (Å²) in [6, 6.07) is 8.44. The van der Waals surface area contributed by atoms with E-state index in [9.17, 15) is 0 Å². The Morgan fingerprint density at radius 1 is 1.19 bits per heavy atom. The van der Waals surface area contributed by atoms with E-state index >= 15 is 0 Å². The van der Waals surface area contributed by atoms with Crippen molar-refractivity contribution in [2.75, 3.05) is 6.26 Å². The van der Waals surface area contributed by atoms with Crippen LogP contribution in [0.3, 0.4) is 0 Å². The highest BCUT2D eigenvalue weighted by Crippen LogP contribution is 2.15. The van der Waals surface area contributed by atoms with Crippen LogP contribution in [0.2, 0.25) is 0 Å². The van der Waals surface area contributed by atoms with Gasteiger partial charge in [0.25, 0.3) is 0 Å². The van der Waals surface area contributed by atoms with Crippen molar-refractivity contribution >= 4 is 11.8 Å². The van der Waals surface area contributed by atoms with Crippen LogP contribution in [0.4, 0.5) is 0 Å². The minimum absolute atomic E-state index is 1.03. The summed E-state index contributed by atoms with van der Waals surface area (Å²) in [7, 11) is 0. The maximum atomic E-state index is 3.25. The Kier molecular flexibility index (Phi) is 6.85. The van der Waals surface area contributed by atoms with E-state index in [0.717, 1.165) is 12.0 Å². The van der Waals surface area contributed by atoms with Crippen molar-refractivity contribution in [3.05, 3.63) is 29.8 Å². The summed E-state index contributed by atoms with van der Waals surface area (Å²) in [5.41, 5.74) is 1.14. The number of unbranched alkanes of at least 4 members (excludes halogenated alkanes) is 4. The van der Waals surface area contributed by atoms with Gasteiger partial charge in [0.2, 0.25) is 0 Å². The van der Waals surface area contributed by atoms with Gasteiger partial charge in [-0.25, -0.2) is 0 Å². The van der Waals surface area contributed by atoms with Gasteiger partial charge in [-0.05, 0) is 30.9 Å². The van der Waals surface area contributed by atoms with Gasteiger partial charge >= 0.3 is 0 Å². The van der Waals surface area contributed by atoms with Crippen molar-refractivity contribution in [2.24, 2.45) is 0 Å². The maximum Gasteiger partial charge on any atom is 0.0256 e. The van der Waals surface area contributed by atoms with Crippen LogP contribution < -0.4 is 0 Å². The summed E-state index contributed by atoms with van der Waals surface area (Å²) in [4.78, 5) is 1.29. The van der Waals surface area contributed by atoms with Gasteiger partial charge in [0.15, 0.2) is 0 Å². The topological polar surface area (TPSA) is 0 Å². The Morgan fingerprint density at radius 2 is 2.06 bits per heavy atom. The molecule has 0 fully saturated rings. The fraction of sp³-hybridized carbons (Fsp3) is 0.467. The summed E-state index contributed by atoms with van der Waals surface area (Å²) in [5, 5.41) is 0. The number of rotatable bonds is 5. The first-order valence-corrected chi connectivity index (χ1v) is 7.22. The van der Waals surface area contributed by atoms with Crippen LogP contribution in [0.5, 0.6) is 0 Å². The van der Waals surface area contributed by atoms with Crippen molar-refractivity contribution in [2.45, 2.75) is 43.9 Å². The SMILES string of the molecule is CCCCCCC#Cc1cccc(SC)c1. The third-order valence-corrected chi connectivity index (χ3v) is 3.18. The molecule has 0 radical (unpaired) electrons. The summed E-state index contributed by atoms with van der Waals surface area (Å²) >= 11 is 1.77. The first-order chi connectivity index (χ1) is 7.86. The number of hydrogen-bond donors (Lipinski definition) is 0. The molecule has 0 aliphatic rings. The van der Waals surface area contributed by atoms with E-state index in [0.29, 0.717) is 0 Å². The molecule has 16 heavy (non-hydrogen) atoms. The molecule has 0 saturated heterocycles. The third kappa shape index (κ3) is 5.28. The van der Waals surface area contributed by atoms with Gasteiger partial charge in [0, 0.05) is 16.9 Å². The zero-order valence-corrected chi connectivity index (χ0v) is 11.1. The van der Waals surface area contributed by atoms with Crippen LogP contribution in [0.1, 0.15) is 44.6 Å². The highest BCUT2D eigenvalue weighted by Gasteiger charge is 1.90. The van der Waals surface area contributed by atoms with E-state index in [1.165, 1.54) is 30.6 Å². The Hall–Kier alpha value is -0.870. The second-order valence-corrected chi connectivity index (χ2v) is 4.72. The van der Waals surface area contributed by atoms with E-state index in [1.807, 2.05) is 0 Å². The summed E-state index contributed by atoms with van der Waals surface area (Å²) in [6.45, 7) is 2.24. The molecule has 0 bridgehead atoms. The fourth-order valence-electron chi connectivity index (χ4n) is 1.51. The van der Waals surface area contributed by atoms with Gasteiger partial charge < -0.3 is 0 Å². The smallest absolute Gasteiger partial charge is 0.0256 e. The zero-order chi connectivity index (χ0) is 11.6. The molecule has 0 N–H and O–H groups in total. The summed E-state index contributed by atoms with van der Waals surface area (Å²) in [5.74, 6) is 6.49. The molecule has 1 rings (SSSR count). The molecule has 0 aromatic heterocycles. The Labute approximate surface area is 104 Å². The van der Waals surface area contributed by atoms with E-state index in [1.54, 1.807) is 11.8 Å². The lowest BCUT2D eigenvalue weighted by Crippen LogP contribution is -1.77. The Bertz CT molecular complexity index is 357. The molecule has 1 heteroatoms. The molecule has 0 atom stereocenters. The van der Waals surface area contributed by atoms with Gasteiger partial charge in [-0.1, -0.05) is 44.1 Å². The lowest BCUT2D eigenvalue weighted by atomic mass is 10.1. The zero-order valence-electron chi connectivity index (χ0n) is 10.3. The molecule has 0 aliphatic carbocycles. The minimum Gasteiger partial charge on any atom is -0.130 e. The minimum atomic E-state index is 1.03. The monoisotopic (exact) mass is 232 g/mol. The Morgan fingerprint density at radius 3 is 2.81 bits per heavy atom.